The molecule has 3 unspecified atom stereocenters. The molecule has 2 aliphatic rings. The Balaban J connectivity index is 1.89. The topological polar surface area (TPSA) is 73.9 Å². The number of rotatable bonds is 7. The van der Waals surface area contributed by atoms with Crippen LogP contribution in [0.4, 0.5) is 5.69 Å². The van der Waals surface area contributed by atoms with E-state index in [9.17, 15) is 9.59 Å². The summed E-state index contributed by atoms with van der Waals surface area (Å²) < 4.78 is 5.58. The van der Waals surface area contributed by atoms with E-state index in [0.29, 0.717) is 24.7 Å². The number of carbonyl (C=O) groups is 2. The summed E-state index contributed by atoms with van der Waals surface area (Å²) in [7, 11) is 3.97. The van der Waals surface area contributed by atoms with Crippen molar-refractivity contribution < 1.29 is 14.3 Å². The molecule has 2 saturated heterocycles. The zero-order valence-electron chi connectivity index (χ0n) is 22.2. The number of ether oxygens (including phenoxy) is 1. The first-order chi connectivity index (χ1) is 16.7. The second-order valence-electron chi connectivity index (χ2n) is 10.3. The second-order valence-corrected chi connectivity index (χ2v) is 10.3. The van der Waals surface area contributed by atoms with Crippen molar-refractivity contribution in [1.29, 1.82) is 0 Å². The summed E-state index contributed by atoms with van der Waals surface area (Å²) in [5, 5.41) is 6.07. The van der Waals surface area contributed by atoms with E-state index in [1.807, 2.05) is 38.9 Å². The molecule has 2 heterocycles. The van der Waals surface area contributed by atoms with Gasteiger partial charge in [0.15, 0.2) is 0 Å². The van der Waals surface area contributed by atoms with Gasteiger partial charge in [0, 0.05) is 55.2 Å². The highest BCUT2D eigenvalue weighted by atomic mass is 16.5. The number of anilines is 1. The minimum atomic E-state index is -0.215. The van der Waals surface area contributed by atoms with Gasteiger partial charge in [0.05, 0.1) is 12.5 Å². The van der Waals surface area contributed by atoms with Gasteiger partial charge in [-0.3, -0.25) is 14.5 Å². The first-order valence-corrected chi connectivity index (χ1v) is 12.9. The molecule has 0 radical (unpaired) electrons. The first-order valence-electron chi connectivity index (χ1n) is 12.9. The molecule has 2 aliphatic heterocycles. The van der Waals surface area contributed by atoms with Crippen LogP contribution in [0, 0.1) is 30.6 Å². The van der Waals surface area contributed by atoms with Gasteiger partial charge < -0.3 is 20.3 Å². The Morgan fingerprint density at radius 1 is 1.23 bits per heavy atom. The standard InChI is InChI=1S/C28H42N4O3/c1-7-32(23-10-13-35-14-11-23)26-17-22(9-8-12-31(5)6)16-24(21(26)4)27(33)29-18-25-19(2)15-20(3)30-28(25)34/h16-17,19-20,23,25H,7,10-15,18H2,1-6H3,(H,29,33)(H,30,34). The van der Waals surface area contributed by atoms with Crippen molar-refractivity contribution in [3.63, 3.8) is 0 Å². The van der Waals surface area contributed by atoms with E-state index < -0.39 is 0 Å². The molecule has 7 heteroatoms. The third-order valence-electron chi connectivity index (χ3n) is 7.15. The molecule has 3 rings (SSSR count). The Labute approximate surface area is 211 Å². The van der Waals surface area contributed by atoms with Crippen LogP contribution in [-0.4, -0.2) is 75.7 Å². The zero-order valence-corrected chi connectivity index (χ0v) is 22.2. The maximum Gasteiger partial charge on any atom is 0.251 e. The fourth-order valence-electron chi connectivity index (χ4n) is 5.21. The molecule has 7 nitrogen and oxygen atoms in total. The first kappa shape index (κ1) is 27.0. The van der Waals surface area contributed by atoms with Crippen LogP contribution >= 0.6 is 0 Å². The molecule has 0 aromatic heterocycles. The molecule has 1 aromatic rings. The molecule has 35 heavy (non-hydrogen) atoms. The van der Waals surface area contributed by atoms with Crippen LogP contribution in [0.15, 0.2) is 12.1 Å². The van der Waals surface area contributed by atoms with Crippen molar-refractivity contribution in [3.05, 3.63) is 28.8 Å². The van der Waals surface area contributed by atoms with Gasteiger partial charge in [-0.15, -0.1) is 0 Å². The Hall–Kier alpha value is -2.56. The van der Waals surface area contributed by atoms with Crippen molar-refractivity contribution in [1.82, 2.24) is 15.5 Å². The number of benzene rings is 1. The van der Waals surface area contributed by atoms with Crippen molar-refractivity contribution in [2.45, 2.75) is 59.0 Å². The maximum absolute atomic E-state index is 13.4. The van der Waals surface area contributed by atoms with Crippen molar-refractivity contribution >= 4 is 17.5 Å². The van der Waals surface area contributed by atoms with Crippen molar-refractivity contribution in [2.75, 3.05) is 51.8 Å². The number of carbonyl (C=O) groups excluding carboxylic acids is 2. The van der Waals surface area contributed by atoms with Gasteiger partial charge in [0.2, 0.25) is 5.91 Å². The summed E-state index contributed by atoms with van der Waals surface area (Å²) >= 11 is 0. The van der Waals surface area contributed by atoms with E-state index in [2.05, 4.69) is 47.3 Å². The monoisotopic (exact) mass is 482 g/mol. The van der Waals surface area contributed by atoms with E-state index in [1.54, 1.807) is 0 Å². The molecule has 0 saturated carbocycles. The lowest BCUT2D eigenvalue weighted by Crippen LogP contribution is -2.50. The third kappa shape index (κ3) is 6.99. The van der Waals surface area contributed by atoms with Gasteiger partial charge in [-0.05, 0) is 77.7 Å². The predicted molar refractivity (Wildman–Crippen MR) is 141 cm³/mol. The van der Waals surface area contributed by atoms with Crippen LogP contribution in [-0.2, 0) is 9.53 Å². The molecule has 0 bridgehead atoms. The van der Waals surface area contributed by atoms with E-state index in [4.69, 9.17) is 4.74 Å². The molecule has 0 spiro atoms. The van der Waals surface area contributed by atoms with Crippen LogP contribution in [0.1, 0.15) is 61.5 Å². The van der Waals surface area contributed by atoms with Crippen molar-refractivity contribution in [3.8, 4) is 11.8 Å². The SMILES string of the molecule is CCN(c1cc(C#CCN(C)C)cc(C(=O)NCC2C(=O)NC(C)CC2C)c1C)C1CCOCC1. The van der Waals surface area contributed by atoms with Crippen LogP contribution < -0.4 is 15.5 Å². The smallest absolute Gasteiger partial charge is 0.251 e. The average Bonchev–Trinajstić information content (AvgIpc) is 2.80. The predicted octanol–water partition coefficient (Wildman–Crippen LogP) is 2.80. The molecule has 3 atom stereocenters. The van der Waals surface area contributed by atoms with Crippen LogP contribution in [0.5, 0.6) is 0 Å². The quantitative estimate of drug-likeness (QED) is 0.585. The number of nitrogens with zero attached hydrogens (tertiary/aromatic N) is 2. The summed E-state index contributed by atoms with van der Waals surface area (Å²) in [5.41, 5.74) is 3.46. The molecular weight excluding hydrogens is 440 g/mol. The van der Waals surface area contributed by atoms with Gasteiger partial charge in [-0.25, -0.2) is 0 Å². The maximum atomic E-state index is 13.4. The number of hydrogen-bond acceptors (Lipinski definition) is 5. The summed E-state index contributed by atoms with van der Waals surface area (Å²) in [6.07, 6.45) is 2.86. The van der Waals surface area contributed by atoms with Crippen LogP contribution in [0.25, 0.3) is 0 Å². The van der Waals surface area contributed by atoms with Crippen LogP contribution in [0.3, 0.4) is 0 Å². The van der Waals surface area contributed by atoms with E-state index in [0.717, 1.165) is 55.8 Å². The minimum absolute atomic E-state index is 0.0222. The van der Waals surface area contributed by atoms with Gasteiger partial charge in [-0.2, -0.15) is 0 Å². The number of nitrogens with one attached hydrogen (secondary N) is 2. The summed E-state index contributed by atoms with van der Waals surface area (Å²) in [6.45, 7) is 11.6. The summed E-state index contributed by atoms with van der Waals surface area (Å²) in [4.78, 5) is 30.3. The molecule has 192 valence electrons. The molecular formula is C28H42N4O3. The number of amides is 2. The Kier molecular flexibility index (Phi) is 9.59. The Bertz CT molecular complexity index is 959. The van der Waals surface area contributed by atoms with Crippen molar-refractivity contribution in [2.24, 2.45) is 11.8 Å². The Morgan fingerprint density at radius 2 is 1.94 bits per heavy atom. The van der Waals surface area contributed by atoms with E-state index >= 15 is 0 Å². The molecule has 0 aliphatic carbocycles. The van der Waals surface area contributed by atoms with Gasteiger partial charge in [0.25, 0.3) is 5.91 Å². The highest BCUT2D eigenvalue weighted by molar-refractivity contribution is 5.98. The van der Waals surface area contributed by atoms with E-state index in [1.165, 1.54) is 0 Å². The molecule has 2 N–H and O–H groups in total. The summed E-state index contributed by atoms with van der Waals surface area (Å²) in [5.74, 6) is 6.34. The lowest BCUT2D eigenvalue weighted by molar-refractivity contribution is -0.129. The fraction of sp³-hybridized carbons (Fsp3) is 0.643. The van der Waals surface area contributed by atoms with Gasteiger partial charge >= 0.3 is 0 Å². The van der Waals surface area contributed by atoms with Crippen LogP contribution in [0.2, 0.25) is 0 Å². The fourth-order valence-corrected chi connectivity index (χ4v) is 5.21. The normalized spacial score (nSPS) is 22.8. The highest BCUT2D eigenvalue weighted by Gasteiger charge is 2.32. The molecule has 2 amide bonds. The zero-order chi connectivity index (χ0) is 25.5. The van der Waals surface area contributed by atoms with Gasteiger partial charge in [-0.1, -0.05) is 18.8 Å². The second kappa shape index (κ2) is 12.4. The number of hydrogen-bond donors (Lipinski definition) is 2. The van der Waals surface area contributed by atoms with E-state index in [-0.39, 0.29) is 29.7 Å². The number of piperidine rings is 1. The third-order valence-corrected chi connectivity index (χ3v) is 7.15. The largest absolute Gasteiger partial charge is 0.381 e. The summed E-state index contributed by atoms with van der Waals surface area (Å²) in [6, 6.07) is 4.56. The highest BCUT2D eigenvalue weighted by Crippen LogP contribution is 2.30. The van der Waals surface area contributed by atoms with Gasteiger partial charge in [0.1, 0.15) is 0 Å². The lowest BCUT2D eigenvalue weighted by atomic mass is 9.84. The average molecular weight is 483 g/mol. The molecule has 1 aromatic carbocycles. The Morgan fingerprint density at radius 3 is 2.57 bits per heavy atom. The molecule has 2 fully saturated rings. The lowest BCUT2D eigenvalue weighted by Gasteiger charge is -2.36. The minimum Gasteiger partial charge on any atom is -0.381 e.